The van der Waals surface area contributed by atoms with Gasteiger partial charge in [-0.05, 0) is 17.7 Å². The Morgan fingerprint density at radius 1 is 1.33 bits per heavy atom. The van der Waals surface area contributed by atoms with Crippen LogP contribution in [0.5, 0.6) is 0 Å². The molecule has 1 atom stereocenters. The van der Waals surface area contributed by atoms with Crippen LogP contribution in [0, 0.1) is 0 Å². The van der Waals surface area contributed by atoms with Crippen LogP contribution < -0.4 is 0 Å². The zero-order valence-corrected chi connectivity index (χ0v) is 11.9. The van der Waals surface area contributed by atoms with E-state index >= 15 is 0 Å². The molecule has 0 radical (unpaired) electrons. The lowest BCUT2D eigenvalue weighted by Crippen LogP contribution is -2.42. The minimum Gasteiger partial charge on any atom is -0.468 e. The Bertz CT molecular complexity index is 401. The van der Waals surface area contributed by atoms with Crippen molar-refractivity contribution in [1.29, 1.82) is 0 Å². The molecule has 0 aliphatic carbocycles. The Balaban J connectivity index is 2.23. The third kappa shape index (κ3) is 3.10. The molecular formula is C13H16BrNO3. The molecule has 5 heteroatoms. The molecule has 1 aromatic carbocycles. The van der Waals surface area contributed by atoms with Crippen molar-refractivity contribution in [3.63, 3.8) is 0 Å². The highest BCUT2D eigenvalue weighted by atomic mass is 79.9. The number of carbonyl (C=O) groups excluding carboxylic acids is 1. The van der Waals surface area contributed by atoms with Crippen LogP contribution in [-0.4, -0.2) is 44.3 Å². The van der Waals surface area contributed by atoms with E-state index < -0.39 is 0 Å². The van der Waals surface area contributed by atoms with Gasteiger partial charge in [0.25, 0.3) is 0 Å². The molecular weight excluding hydrogens is 298 g/mol. The first-order valence-corrected chi connectivity index (χ1v) is 6.67. The first-order chi connectivity index (χ1) is 8.72. The third-order valence-corrected chi connectivity index (χ3v) is 3.55. The smallest absolute Gasteiger partial charge is 0.327 e. The van der Waals surface area contributed by atoms with E-state index in [1.807, 2.05) is 24.3 Å². The van der Waals surface area contributed by atoms with Gasteiger partial charge in [-0.15, -0.1) is 0 Å². The summed E-state index contributed by atoms with van der Waals surface area (Å²) < 4.78 is 11.2. The van der Waals surface area contributed by atoms with Crippen LogP contribution in [0.2, 0.25) is 0 Å². The molecule has 0 N–H and O–H groups in total. The Labute approximate surface area is 115 Å². The molecule has 0 saturated carbocycles. The first-order valence-electron chi connectivity index (χ1n) is 5.87. The highest BCUT2D eigenvalue weighted by molar-refractivity contribution is 9.10. The molecule has 2 rings (SSSR count). The molecule has 1 heterocycles. The van der Waals surface area contributed by atoms with E-state index in [1.165, 1.54) is 7.11 Å². The molecule has 1 saturated heterocycles. The number of hydrogen-bond donors (Lipinski definition) is 0. The Hall–Kier alpha value is -0.910. The number of hydrogen-bond acceptors (Lipinski definition) is 4. The molecule has 98 valence electrons. The molecule has 18 heavy (non-hydrogen) atoms. The lowest BCUT2D eigenvalue weighted by atomic mass is 10.1. The lowest BCUT2D eigenvalue weighted by molar-refractivity contribution is -0.149. The number of nitrogens with zero attached hydrogens (tertiary/aromatic N) is 1. The topological polar surface area (TPSA) is 38.8 Å². The summed E-state index contributed by atoms with van der Waals surface area (Å²) in [5.74, 6) is -0.223. The third-order valence-electron chi connectivity index (χ3n) is 3.02. The van der Waals surface area contributed by atoms with Crippen LogP contribution in [0.15, 0.2) is 28.7 Å². The number of rotatable bonds is 3. The van der Waals surface area contributed by atoms with Crippen LogP contribution in [-0.2, 0) is 14.3 Å². The summed E-state index contributed by atoms with van der Waals surface area (Å²) in [6, 6.07) is 7.42. The van der Waals surface area contributed by atoms with Crippen molar-refractivity contribution in [3.8, 4) is 0 Å². The van der Waals surface area contributed by atoms with Gasteiger partial charge in [-0.3, -0.25) is 4.90 Å². The van der Waals surface area contributed by atoms with E-state index in [0.29, 0.717) is 13.2 Å². The average Bonchev–Trinajstić information content (AvgIpc) is 2.42. The summed E-state index contributed by atoms with van der Waals surface area (Å²) in [5, 5.41) is 0. The van der Waals surface area contributed by atoms with Crippen molar-refractivity contribution in [2.75, 3.05) is 33.4 Å². The van der Waals surface area contributed by atoms with Crippen LogP contribution in [0.25, 0.3) is 0 Å². The summed E-state index contributed by atoms with van der Waals surface area (Å²) in [4.78, 5) is 14.1. The van der Waals surface area contributed by atoms with Gasteiger partial charge in [-0.25, -0.2) is 4.79 Å². The fourth-order valence-electron chi connectivity index (χ4n) is 2.09. The number of benzene rings is 1. The van der Waals surface area contributed by atoms with E-state index in [-0.39, 0.29) is 12.0 Å². The Morgan fingerprint density at radius 2 is 1.94 bits per heavy atom. The average molecular weight is 314 g/mol. The number of carbonyl (C=O) groups is 1. The van der Waals surface area contributed by atoms with Gasteiger partial charge in [-0.2, -0.15) is 0 Å². The van der Waals surface area contributed by atoms with Crippen molar-refractivity contribution >= 4 is 21.9 Å². The van der Waals surface area contributed by atoms with Gasteiger partial charge < -0.3 is 9.47 Å². The maximum Gasteiger partial charge on any atom is 0.327 e. The van der Waals surface area contributed by atoms with Gasteiger partial charge >= 0.3 is 5.97 Å². The summed E-state index contributed by atoms with van der Waals surface area (Å²) >= 11 is 3.39. The summed E-state index contributed by atoms with van der Waals surface area (Å²) in [6.07, 6.45) is 0. The van der Waals surface area contributed by atoms with Gasteiger partial charge in [0, 0.05) is 17.6 Å². The number of methoxy groups -OCH3 is 1. The van der Waals surface area contributed by atoms with E-state index in [2.05, 4.69) is 20.8 Å². The maximum absolute atomic E-state index is 12.0. The maximum atomic E-state index is 12.0. The summed E-state index contributed by atoms with van der Waals surface area (Å²) in [6.45, 7) is 2.81. The quantitative estimate of drug-likeness (QED) is 0.800. The molecule has 1 aliphatic rings. The monoisotopic (exact) mass is 313 g/mol. The van der Waals surface area contributed by atoms with Gasteiger partial charge in [0.05, 0.1) is 20.3 Å². The second kappa shape index (κ2) is 6.31. The van der Waals surface area contributed by atoms with Crippen molar-refractivity contribution in [1.82, 2.24) is 4.90 Å². The SMILES string of the molecule is COC(=O)C(c1ccc(Br)cc1)N1CCOCC1. The molecule has 1 unspecified atom stereocenters. The van der Waals surface area contributed by atoms with Gasteiger partial charge in [0.1, 0.15) is 6.04 Å². The molecule has 0 bridgehead atoms. The normalized spacial score (nSPS) is 18.3. The standard InChI is InChI=1S/C13H16BrNO3/c1-17-13(16)12(15-6-8-18-9-7-15)10-2-4-11(14)5-3-10/h2-5,12H,6-9H2,1H3. The second-order valence-electron chi connectivity index (χ2n) is 4.13. The highest BCUT2D eigenvalue weighted by Gasteiger charge is 2.29. The van der Waals surface area contributed by atoms with E-state index in [4.69, 9.17) is 9.47 Å². The van der Waals surface area contributed by atoms with Crippen LogP contribution >= 0.6 is 15.9 Å². The fourth-order valence-corrected chi connectivity index (χ4v) is 2.35. The molecule has 0 aromatic heterocycles. The number of halogens is 1. The van der Waals surface area contributed by atoms with Gasteiger partial charge in [0.15, 0.2) is 0 Å². The summed E-state index contributed by atoms with van der Waals surface area (Å²) in [5.41, 5.74) is 0.951. The highest BCUT2D eigenvalue weighted by Crippen LogP contribution is 2.24. The molecule has 1 aliphatic heterocycles. The summed E-state index contributed by atoms with van der Waals surface area (Å²) in [7, 11) is 1.43. The van der Waals surface area contributed by atoms with Crippen molar-refractivity contribution in [2.24, 2.45) is 0 Å². The second-order valence-corrected chi connectivity index (χ2v) is 5.04. The van der Waals surface area contributed by atoms with Crippen molar-refractivity contribution in [2.45, 2.75) is 6.04 Å². The number of esters is 1. The van der Waals surface area contributed by atoms with Crippen LogP contribution in [0.4, 0.5) is 0 Å². The fraction of sp³-hybridized carbons (Fsp3) is 0.462. The zero-order valence-electron chi connectivity index (χ0n) is 10.3. The van der Waals surface area contributed by atoms with Gasteiger partial charge in [-0.1, -0.05) is 28.1 Å². The minimum atomic E-state index is -0.341. The molecule has 4 nitrogen and oxygen atoms in total. The predicted molar refractivity (Wildman–Crippen MR) is 71.3 cm³/mol. The largest absolute Gasteiger partial charge is 0.468 e. The molecule has 0 spiro atoms. The molecule has 1 aromatic rings. The molecule has 1 fully saturated rings. The lowest BCUT2D eigenvalue weighted by Gasteiger charge is -2.32. The number of morpholine rings is 1. The minimum absolute atomic E-state index is 0.223. The van der Waals surface area contributed by atoms with Crippen molar-refractivity contribution < 1.29 is 14.3 Å². The van der Waals surface area contributed by atoms with Crippen LogP contribution in [0.1, 0.15) is 11.6 Å². The predicted octanol–water partition coefficient (Wildman–Crippen LogP) is 2.00. The van der Waals surface area contributed by atoms with E-state index in [9.17, 15) is 4.79 Å². The van der Waals surface area contributed by atoms with E-state index in [0.717, 1.165) is 23.1 Å². The number of ether oxygens (including phenoxy) is 2. The van der Waals surface area contributed by atoms with Crippen molar-refractivity contribution in [3.05, 3.63) is 34.3 Å². The first kappa shape index (κ1) is 13.5. The molecule has 0 amide bonds. The Morgan fingerprint density at radius 3 is 2.50 bits per heavy atom. The zero-order chi connectivity index (χ0) is 13.0. The van der Waals surface area contributed by atoms with Crippen LogP contribution in [0.3, 0.4) is 0 Å². The van der Waals surface area contributed by atoms with Gasteiger partial charge in [0.2, 0.25) is 0 Å². The Kier molecular flexibility index (Phi) is 4.74. The van der Waals surface area contributed by atoms with E-state index in [1.54, 1.807) is 0 Å².